The SMILES string of the molecule is NCCCCC(N)CCC(N)C(N)CC(N)CCCN. The van der Waals surface area contributed by atoms with Crippen LogP contribution < -0.4 is 34.4 Å². The highest BCUT2D eigenvalue weighted by molar-refractivity contribution is 4.81. The highest BCUT2D eigenvalue weighted by atomic mass is 14.8. The van der Waals surface area contributed by atoms with E-state index in [1.54, 1.807) is 0 Å². The molecule has 12 N–H and O–H groups in total. The van der Waals surface area contributed by atoms with E-state index in [1.165, 1.54) is 0 Å². The predicted molar refractivity (Wildman–Crippen MR) is 86.9 cm³/mol. The van der Waals surface area contributed by atoms with Crippen LogP contribution in [0, 0.1) is 0 Å². The maximum Gasteiger partial charge on any atom is 0.0207 e. The van der Waals surface area contributed by atoms with E-state index in [-0.39, 0.29) is 24.2 Å². The standard InChI is InChI=1S/C14H36N6/c15-8-2-1-4-11(17)6-7-13(19)14(20)10-12(18)5-3-9-16/h11-14H,1-10,15-20H2. The molecule has 0 aliphatic heterocycles. The summed E-state index contributed by atoms with van der Waals surface area (Å²) in [5, 5.41) is 0. The van der Waals surface area contributed by atoms with E-state index in [0.717, 1.165) is 57.9 Å². The minimum Gasteiger partial charge on any atom is -0.330 e. The minimum absolute atomic E-state index is 0.0283. The highest BCUT2D eigenvalue weighted by Crippen LogP contribution is 2.10. The summed E-state index contributed by atoms with van der Waals surface area (Å²) in [4.78, 5) is 0. The molecule has 6 heteroatoms. The number of hydrogen-bond acceptors (Lipinski definition) is 6. The second kappa shape index (κ2) is 12.5. The van der Waals surface area contributed by atoms with Crippen LogP contribution in [-0.4, -0.2) is 37.3 Å². The van der Waals surface area contributed by atoms with Crippen molar-refractivity contribution in [3.63, 3.8) is 0 Å². The van der Waals surface area contributed by atoms with E-state index in [1.807, 2.05) is 0 Å². The minimum atomic E-state index is -0.0565. The van der Waals surface area contributed by atoms with Crippen molar-refractivity contribution in [2.24, 2.45) is 34.4 Å². The Bertz CT molecular complexity index is 214. The highest BCUT2D eigenvalue weighted by Gasteiger charge is 2.17. The van der Waals surface area contributed by atoms with E-state index in [2.05, 4.69) is 0 Å². The van der Waals surface area contributed by atoms with Gasteiger partial charge in [-0.15, -0.1) is 0 Å². The Morgan fingerprint density at radius 3 is 1.75 bits per heavy atom. The molecule has 0 saturated carbocycles. The molecule has 0 saturated heterocycles. The van der Waals surface area contributed by atoms with E-state index < -0.39 is 0 Å². The zero-order valence-electron chi connectivity index (χ0n) is 12.8. The molecule has 122 valence electrons. The van der Waals surface area contributed by atoms with Crippen molar-refractivity contribution < 1.29 is 0 Å². The van der Waals surface area contributed by atoms with Crippen molar-refractivity contribution in [3.8, 4) is 0 Å². The number of nitrogens with two attached hydrogens (primary N) is 6. The third-order valence-electron chi connectivity index (χ3n) is 3.80. The quantitative estimate of drug-likeness (QED) is 0.247. The summed E-state index contributed by atoms with van der Waals surface area (Å²) in [7, 11) is 0. The summed E-state index contributed by atoms with van der Waals surface area (Å²) >= 11 is 0. The molecule has 0 spiro atoms. The van der Waals surface area contributed by atoms with Gasteiger partial charge in [-0.2, -0.15) is 0 Å². The van der Waals surface area contributed by atoms with Gasteiger partial charge in [0.1, 0.15) is 0 Å². The van der Waals surface area contributed by atoms with Gasteiger partial charge in [0.05, 0.1) is 0 Å². The Morgan fingerprint density at radius 1 is 0.550 bits per heavy atom. The summed E-state index contributed by atoms with van der Waals surface area (Å²) in [6.45, 7) is 1.41. The Labute approximate surface area is 124 Å². The number of unbranched alkanes of at least 4 members (excludes halogenated alkanes) is 1. The average molecular weight is 288 g/mol. The fourth-order valence-electron chi connectivity index (χ4n) is 2.34. The summed E-state index contributed by atoms with van der Waals surface area (Å²) in [5.41, 5.74) is 35.2. The van der Waals surface area contributed by atoms with Crippen LogP contribution in [0.5, 0.6) is 0 Å². The maximum atomic E-state index is 6.12. The molecular weight excluding hydrogens is 252 g/mol. The lowest BCUT2D eigenvalue weighted by molar-refractivity contribution is 0.395. The largest absolute Gasteiger partial charge is 0.330 e. The Morgan fingerprint density at radius 2 is 1.15 bits per heavy atom. The van der Waals surface area contributed by atoms with Gasteiger partial charge in [0.25, 0.3) is 0 Å². The van der Waals surface area contributed by atoms with Crippen molar-refractivity contribution in [3.05, 3.63) is 0 Å². The number of hydrogen-bond donors (Lipinski definition) is 6. The fourth-order valence-corrected chi connectivity index (χ4v) is 2.34. The first-order valence-electron chi connectivity index (χ1n) is 7.93. The van der Waals surface area contributed by atoms with Gasteiger partial charge in [-0.25, -0.2) is 0 Å². The molecule has 4 unspecified atom stereocenters. The van der Waals surface area contributed by atoms with Gasteiger partial charge < -0.3 is 34.4 Å². The second-order valence-electron chi connectivity index (χ2n) is 5.88. The van der Waals surface area contributed by atoms with Crippen molar-refractivity contribution >= 4 is 0 Å². The molecule has 0 radical (unpaired) electrons. The monoisotopic (exact) mass is 288 g/mol. The molecule has 0 aromatic carbocycles. The lowest BCUT2D eigenvalue weighted by Gasteiger charge is -2.24. The Hall–Kier alpha value is -0.240. The van der Waals surface area contributed by atoms with Gasteiger partial charge in [-0.05, 0) is 58.0 Å². The summed E-state index contributed by atoms with van der Waals surface area (Å²) in [5.74, 6) is 0. The normalized spacial score (nSPS) is 17.7. The smallest absolute Gasteiger partial charge is 0.0207 e. The van der Waals surface area contributed by atoms with E-state index in [0.29, 0.717) is 6.54 Å². The molecule has 0 rings (SSSR count). The van der Waals surface area contributed by atoms with Gasteiger partial charge in [-0.3, -0.25) is 0 Å². The van der Waals surface area contributed by atoms with Crippen LogP contribution in [0.3, 0.4) is 0 Å². The van der Waals surface area contributed by atoms with Crippen molar-refractivity contribution in [2.45, 2.75) is 75.5 Å². The van der Waals surface area contributed by atoms with Crippen LogP contribution in [0.15, 0.2) is 0 Å². The molecule has 0 bridgehead atoms. The van der Waals surface area contributed by atoms with Crippen LogP contribution in [-0.2, 0) is 0 Å². The van der Waals surface area contributed by atoms with Gasteiger partial charge in [0, 0.05) is 24.2 Å². The molecule has 0 fully saturated rings. The van der Waals surface area contributed by atoms with E-state index in [9.17, 15) is 0 Å². The van der Waals surface area contributed by atoms with Crippen molar-refractivity contribution in [1.29, 1.82) is 0 Å². The number of rotatable bonds is 13. The Balaban J connectivity index is 3.75. The lowest BCUT2D eigenvalue weighted by Crippen LogP contribution is -2.45. The zero-order valence-corrected chi connectivity index (χ0v) is 12.8. The van der Waals surface area contributed by atoms with Crippen LogP contribution in [0.2, 0.25) is 0 Å². The van der Waals surface area contributed by atoms with E-state index in [4.69, 9.17) is 34.4 Å². The first-order chi connectivity index (χ1) is 9.51. The van der Waals surface area contributed by atoms with Crippen LogP contribution in [0.1, 0.15) is 51.4 Å². The summed E-state index contributed by atoms with van der Waals surface area (Å²) in [6, 6.07) is 0.210. The second-order valence-corrected chi connectivity index (χ2v) is 5.88. The molecule has 20 heavy (non-hydrogen) atoms. The third kappa shape index (κ3) is 10.5. The molecule has 0 amide bonds. The molecule has 0 aliphatic carbocycles. The molecule has 0 aliphatic rings. The molecule has 0 aromatic heterocycles. The fraction of sp³-hybridized carbons (Fsp3) is 1.00. The van der Waals surface area contributed by atoms with Crippen LogP contribution in [0.25, 0.3) is 0 Å². The predicted octanol–water partition coefficient (Wildman–Crippen LogP) is -0.666. The van der Waals surface area contributed by atoms with Gasteiger partial charge in [0.2, 0.25) is 0 Å². The van der Waals surface area contributed by atoms with Gasteiger partial charge in [0.15, 0.2) is 0 Å². The molecule has 4 atom stereocenters. The molecule has 0 heterocycles. The maximum absolute atomic E-state index is 6.12. The summed E-state index contributed by atoms with van der Waals surface area (Å²) < 4.78 is 0. The zero-order chi connectivity index (χ0) is 15.4. The van der Waals surface area contributed by atoms with Crippen molar-refractivity contribution in [1.82, 2.24) is 0 Å². The first-order valence-corrected chi connectivity index (χ1v) is 7.93. The Kier molecular flexibility index (Phi) is 12.3. The lowest BCUT2D eigenvalue weighted by atomic mass is 9.94. The molecule has 0 aromatic rings. The topological polar surface area (TPSA) is 156 Å². The van der Waals surface area contributed by atoms with Crippen molar-refractivity contribution in [2.75, 3.05) is 13.1 Å². The van der Waals surface area contributed by atoms with Crippen LogP contribution in [0.4, 0.5) is 0 Å². The third-order valence-corrected chi connectivity index (χ3v) is 3.80. The van der Waals surface area contributed by atoms with Gasteiger partial charge in [-0.1, -0.05) is 6.42 Å². The van der Waals surface area contributed by atoms with Crippen LogP contribution >= 0.6 is 0 Å². The van der Waals surface area contributed by atoms with Gasteiger partial charge >= 0.3 is 0 Å². The first kappa shape index (κ1) is 19.8. The molecule has 6 nitrogen and oxygen atoms in total. The molecular formula is C14H36N6. The summed E-state index contributed by atoms with van der Waals surface area (Å²) in [6.07, 6.45) is 7.51. The van der Waals surface area contributed by atoms with E-state index >= 15 is 0 Å². The average Bonchev–Trinajstić information content (AvgIpc) is 2.42.